The number of benzene rings is 2. The summed E-state index contributed by atoms with van der Waals surface area (Å²) >= 11 is 0. The molecule has 1 N–H and O–H groups in total. The summed E-state index contributed by atoms with van der Waals surface area (Å²) in [6.45, 7) is 4.05. The van der Waals surface area contributed by atoms with Gasteiger partial charge in [0.2, 0.25) is 5.91 Å². The number of hydrogen-bond acceptors (Lipinski definition) is 3. The van der Waals surface area contributed by atoms with Crippen molar-refractivity contribution in [1.29, 1.82) is 5.26 Å². The summed E-state index contributed by atoms with van der Waals surface area (Å²) in [4.78, 5) is 27.5. The van der Waals surface area contributed by atoms with Gasteiger partial charge in [-0.3, -0.25) is 9.59 Å². The predicted molar refractivity (Wildman–Crippen MR) is 126 cm³/mol. The number of aromatic nitrogens is 1. The lowest BCUT2D eigenvalue weighted by atomic mass is 9.99. The lowest BCUT2D eigenvalue weighted by Gasteiger charge is -2.30. The molecule has 1 aromatic heterocycles. The van der Waals surface area contributed by atoms with Gasteiger partial charge in [-0.2, -0.15) is 5.26 Å². The van der Waals surface area contributed by atoms with Crippen LogP contribution in [-0.2, 0) is 16.1 Å². The van der Waals surface area contributed by atoms with Gasteiger partial charge in [0.05, 0.1) is 0 Å². The van der Waals surface area contributed by atoms with E-state index in [1.165, 1.54) is 0 Å². The molecule has 1 aliphatic rings. The molecule has 6 nitrogen and oxygen atoms in total. The lowest BCUT2D eigenvalue weighted by molar-refractivity contribution is -0.133. The molecular formula is C26H26N4O2. The van der Waals surface area contributed by atoms with E-state index in [9.17, 15) is 14.9 Å². The highest BCUT2D eigenvalue weighted by Crippen LogP contribution is 2.25. The van der Waals surface area contributed by atoms with Crippen LogP contribution in [0.2, 0.25) is 0 Å². The number of hydrogen-bond donors (Lipinski definition) is 1. The molecule has 1 fully saturated rings. The third-order valence-corrected chi connectivity index (χ3v) is 5.96. The molecule has 2 heterocycles. The van der Waals surface area contributed by atoms with E-state index >= 15 is 0 Å². The van der Waals surface area contributed by atoms with Crippen molar-refractivity contribution in [3.05, 3.63) is 71.9 Å². The van der Waals surface area contributed by atoms with Crippen LogP contribution in [0.15, 0.2) is 66.4 Å². The van der Waals surface area contributed by atoms with Crippen LogP contribution in [0, 0.1) is 17.2 Å². The number of nitrogens with zero attached hydrogens (tertiary/aromatic N) is 3. The van der Waals surface area contributed by atoms with E-state index in [1.807, 2.05) is 64.2 Å². The van der Waals surface area contributed by atoms with Crippen molar-refractivity contribution in [3.8, 4) is 6.07 Å². The Morgan fingerprint density at radius 2 is 1.78 bits per heavy atom. The third-order valence-electron chi connectivity index (χ3n) is 5.96. The first-order valence-corrected chi connectivity index (χ1v) is 10.9. The van der Waals surface area contributed by atoms with Crippen LogP contribution >= 0.6 is 0 Å². The molecule has 2 aromatic carbocycles. The number of likely N-dealkylation sites (tertiary alicyclic amines) is 1. The first-order chi connectivity index (χ1) is 15.5. The Morgan fingerprint density at radius 1 is 1.09 bits per heavy atom. The van der Waals surface area contributed by atoms with Gasteiger partial charge < -0.3 is 14.8 Å². The maximum Gasteiger partial charge on any atom is 0.266 e. The average molecular weight is 427 g/mol. The molecule has 162 valence electrons. The highest BCUT2D eigenvalue weighted by atomic mass is 16.2. The summed E-state index contributed by atoms with van der Waals surface area (Å²) in [6.07, 6.45) is 5.51. The van der Waals surface area contributed by atoms with Gasteiger partial charge in [0.25, 0.3) is 5.91 Å². The maximum absolute atomic E-state index is 12.9. The summed E-state index contributed by atoms with van der Waals surface area (Å²) in [5, 5.41) is 13.3. The molecule has 0 saturated carbocycles. The molecule has 1 aliphatic heterocycles. The van der Waals surface area contributed by atoms with Crippen molar-refractivity contribution in [2.45, 2.75) is 26.3 Å². The number of nitriles is 1. The fourth-order valence-electron chi connectivity index (χ4n) is 4.05. The molecule has 32 heavy (non-hydrogen) atoms. The van der Waals surface area contributed by atoms with Crippen molar-refractivity contribution in [1.82, 2.24) is 9.47 Å². The predicted octanol–water partition coefficient (Wildman–Crippen LogP) is 4.45. The van der Waals surface area contributed by atoms with Crippen LogP contribution in [-0.4, -0.2) is 34.4 Å². The lowest BCUT2D eigenvalue weighted by Crippen LogP contribution is -2.39. The van der Waals surface area contributed by atoms with Gasteiger partial charge in [-0.15, -0.1) is 0 Å². The fraction of sp³-hybridized carbons (Fsp3) is 0.269. The van der Waals surface area contributed by atoms with Crippen LogP contribution in [0.4, 0.5) is 5.69 Å². The number of carbonyl (C=O) groups is 2. The summed E-state index contributed by atoms with van der Waals surface area (Å²) < 4.78 is 1.91. The normalized spacial score (nSPS) is 14.9. The Kier molecular flexibility index (Phi) is 6.37. The van der Waals surface area contributed by atoms with Gasteiger partial charge in [-0.05, 0) is 43.0 Å². The second-order valence-corrected chi connectivity index (χ2v) is 8.28. The van der Waals surface area contributed by atoms with Gasteiger partial charge >= 0.3 is 0 Å². The van der Waals surface area contributed by atoms with E-state index in [-0.39, 0.29) is 18.0 Å². The molecule has 0 radical (unpaired) electrons. The zero-order chi connectivity index (χ0) is 22.5. The van der Waals surface area contributed by atoms with Crippen molar-refractivity contribution in [2.24, 2.45) is 5.92 Å². The monoisotopic (exact) mass is 426 g/mol. The van der Waals surface area contributed by atoms with E-state index in [1.54, 1.807) is 18.2 Å². The van der Waals surface area contributed by atoms with Crippen molar-refractivity contribution >= 4 is 34.5 Å². The van der Waals surface area contributed by atoms with Crippen LogP contribution in [0.5, 0.6) is 0 Å². The second-order valence-electron chi connectivity index (χ2n) is 8.28. The molecular weight excluding hydrogens is 400 g/mol. The summed E-state index contributed by atoms with van der Waals surface area (Å²) in [7, 11) is 0. The summed E-state index contributed by atoms with van der Waals surface area (Å²) in [5.41, 5.74) is 2.27. The third kappa shape index (κ3) is 4.73. The van der Waals surface area contributed by atoms with E-state index in [4.69, 9.17) is 0 Å². The zero-order valence-corrected chi connectivity index (χ0v) is 18.1. The summed E-state index contributed by atoms with van der Waals surface area (Å²) in [6, 6.07) is 18.8. The molecule has 6 heteroatoms. The smallest absolute Gasteiger partial charge is 0.266 e. The number of carbonyl (C=O) groups excluding carboxylic acids is 2. The first kappa shape index (κ1) is 21.4. The van der Waals surface area contributed by atoms with Gasteiger partial charge in [0, 0.05) is 41.4 Å². The maximum atomic E-state index is 12.9. The van der Waals surface area contributed by atoms with Crippen molar-refractivity contribution in [2.75, 3.05) is 18.4 Å². The zero-order valence-electron chi connectivity index (χ0n) is 18.1. The highest BCUT2D eigenvalue weighted by molar-refractivity contribution is 6.10. The van der Waals surface area contributed by atoms with Crippen molar-refractivity contribution in [3.63, 3.8) is 0 Å². The number of rotatable bonds is 5. The molecule has 2 amide bonds. The van der Waals surface area contributed by atoms with Gasteiger partial charge in [-0.25, -0.2) is 0 Å². The van der Waals surface area contributed by atoms with Crippen LogP contribution in [0.25, 0.3) is 17.0 Å². The van der Waals surface area contributed by atoms with Gasteiger partial charge in [0.15, 0.2) is 0 Å². The van der Waals surface area contributed by atoms with Crippen LogP contribution < -0.4 is 5.32 Å². The second kappa shape index (κ2) is 9.52. The standard InChI is InChI=1S/C26H26N4O2/c1-19-11-13-29(14-12-19)25(31)18-30-17-21(23-9-5-6-10-24(23)30)15-20(16-27)26(32)28-22-7-3-2-4-8-22/h2-10,15,17,19H,11-14,18H2,1H3,(H,28,32)/b20-15+. The number of anilines is 1. The molecule has 0 spiro atoms. The minimum Gasteiger partial charge on any atom is -0.341 e. The first-order valence-electron chi connectivity index (χ1n) is 10.9. The molecule has 3 aromatic rings. The van der Waals surface area contributed by atoms with E-state index in [2.05, 4.69) is 12.2 Å². The SMILES string of the molecule is CC1CCN(C(=O)Cn2cc(/C=C(\C#N)C(=O)Nc3ccccc3)c3ccccc32)CC1. The topological polar surface area (TPSA) is 78.1 Å². The minimum atomic E-state index is -0.464. The number of nitrogens with one attached hydrogen (secondary N) is 1. The van der Waals surface area contributed by atoms with E-state index < -0.39 is 5.91 Å². The molecule has 0 unspecified atom stereocenters. The minimum absolute atomic E-state index is 0.00750. The summed E-state index contributed by atoms with van der Waals surface area (Å²) in [5.74, 6) is 0.291. The molecule has 0 aliphatic carbocycles. The number of para-hydroxylation sites is 2. The Labute approximate surface area is 187 Å². The molecule has 0 atom stereocenters. The Balaban J connectivity index is 1.59. The quantitative estimate of drug-likeness (QED) is 0.484. The molecule has 0 bridgehead atoms. The highest BCUT2D eigenvalue weighted by Gasteiger charge is 2.21. The van der Waals surface area contributed by atoms with E-state index in [0.29, 0.717) is 11.6 Å². The Hall–Kier alpha value is -3.85. The van der Waals surface area contributed by atoms with E-state index in [0.717, 1.165) is 42.4 Å². The fourth-order valence-corrected chi connectivity index (χ4v) is 4.05. The van der Waals surface area contributed by atoms with Gasteiger partial charge in [0.1, 0.15) is 18.2 Å². The van der Waals surface area contributed by atoms with Gasteiger partial charge in [-0.1, -0.05) is 43.3 Å². The number of amides is 2. The Bertz CT molecular complexity index is 1200. The average Bonchev–Trinajstić information content (AvgIpc) is 3.15. The largest absolute Gasteiger partial charge is 0.341 e. The number of piperidine rings is 1. The number of fused-ring (bicyclic) bond motifs is 1. The van der Waals surface area contributed by atoms with Crippen LogP contribution in [0.3, 0.4) is 0 Å². The van der Waals surface area contributed by atoms with Crippen molar-refractivity contribution < 1.29 is 9.59 Å². The molecule has 4 rings (SSSR count). The van der Waals surface area contributed by atoms with Crippen LogP contribution in [0.1, 0.15) is 25.3 Å². The molecule has 1 saturated heterocycles. The Morgan fingerprint density at radius 3 is 2.50 bits per heavy atom.